The molecule has 3 amide bonds. The van der Waals surface area contributed by atoms with Crippen LogP contribution in [0.15, 0.2) is 18.2 Å². The number of urea groups is 1. The van der Waals surface area contributed by atoms with Gasteiger partial charge in [0.1, 0.15) is 0 Å². The molecule has 0 aromatic heterocycles. The van der Waals surface area contributed by atoms with Crippen LogP contribution >= 0.6 is 11.6 Å². The Morgan fingerprint density at radius 2 is 2.04 bits per heavy atom. The van der Waals surface area contributed by atoms with Crippen LogP contribution in [0.4, 0.5) is 16.2 Å². The number of anilines is 2. The number of carbonyl (C=O) groups excluding carboxylic acids is 2. The first kappa shape index (κ1) is 17.6. The zero-order chi connectivity index (χ0) is 17.2. The Balaban J connectivity index is 2.12. The third-order valence-corrected chi connectivity index (χ3v) is 3.71. The maximum absolute atomic E-state index is 12.5. The van der Waals surface area contributed by atoms with Gasteiger partial charge in [-0.3, -0.25) is 4.79 Å². The van der Waals surface area contributed by atoms with Crippen LogP contribution in [0.2, 0.25) is 5.02 Å². The predicted octanol–water partition coefficient (Wildman–Crippen LogP) is 3.33. The fraction of sp³-hybridized carbons (Fsp3) is 0.500. The SMILES string of the molecule is CC(=O)Nc1ccc(Cl)c(NC(=O)N2C[C@H](C)OC(C)(C)C2)c1. The lowest BCUT2D eigenvalue weighted by atomic mass is 10.1. The zero-order valence-corrected chi connectivity index (χ0v) is 14.5. The van der Waals surface area contributed by atoms with Gasteiger partial charge in [-0.25, -0.2) is 4.79 Å². The topological polar surface area (TPSA) is 70.7 Å². The first-order valence-electron chi connectivity index (χ1n) is 7.47. The van der Waals surface area contributed by atoms with E-state index < -0.39 is 5.60 Å². The van der Waals surface area contributed by atoms with Crippen molar-refractivity contribution >= 4 is 34.9 Å². The van der Waals surface area contributed by atoms with Crippen molar-refractivity contribution in [3.8, 4) is 0 Å². The summed E-state index contributed by atoms with van der Waals surface area (Å²) in [5.74, 6) is -0.187. The van der Waals surface area contributed by atoms with E-state index in [1.165, 1.54) is 6.92 Å². The number of benzene rings is 1. The Kier molecular flexibility index (Phi) is 5.16. The average Bonchev–Trinajstić information content (AvgIpc) is 2.39. The highest BCUT2D eigenvalue weighted by atomic mass is 35.5. The quantitative estimate of drug-likeness (QED) is 0.868. The summed E-state index contributed by atoms with van der Waals surface area (Å²) < 4.78 is 5.80. The molecule has 1 aliphatic heterocycles. The number of hydrogen-bond donors (Lipinski definition) is 2. The van der Waals surface area contributed by atoms with E-state index in [0.29, 0.717) is 29.5 Å². The van der Waals surface area contributed by atoms with Gasteiger partial charge in [-0.2, -0.15) is 0 Å². The van der Waals surface area contributed by atoms with Crippen LogP contribution in [0.5, 0.6) is 0 Å². The van der Waals surface area contributed by atoms with Gasteiger partial charge in [0.2, 0.25) is 5.91 Å². The van der Waals surface area contributed by atoms with Crippen molar-refractivity contribution in [1.29, 1.82) is 0 Å². The molecule has 1 fully saturated rings. The van der Waals surface area contributed by atoms with Crippen LogP contribution in [0, 0.1) is 0 Å². The van der Waals surface area contributed by atoms with Crippen molar-refractivity contribution < 1.29 is 14.3 Å². The smallest absolute Gasteiger partial charge is 0.322 e. The molecule has 0 bridgehead atoms. The molecular weight excluding hydrogens is 318 g/mol. The Labute approximate surface area is 141 Å². The highest BCUT2D eigenvalue weighted by Gasteiger charge is 2.33. The average molecular weight is 340 g/mol. The molecule has 1 saturated heterocycles. The molecule has 1 atom stereocenters. The van der Waals surface area contributed by atoms with Gasteiger partial charge >= 0.3 is 6.03 Å². The summed E-state index contributed by atoms with van der Waals surface area (Å²) in [5, 5.41) is 5.87. The number of nitrogens with zero attached hydrogens (tertiary/aromatic N) is 1. The summed E-state index contributed by atoms with van der Waals surface area (Å²) in [6.07, 6.45) is -0.0364. The second kappa shape index (κ2) is 6.76. The first-order chi connectivity index (χ1) is 10.7. The summed E-state index contributed by atoms with van der Waals surface area (Å²) >= 11 is 6.13. The van der Waals surface area contributed by atoms with Gasteiger partial charge in [0.15, 0.2) is 0 Å². The van der Waals surface area contributed by atoms with E-state index in [2.05, 4.69) is 10.6 Å². The molecule has 0 saturated carbocycles. The fourth-order valence-electron chi connectivity index (χ4n) is 2.70. The van der Waals surface area contributed by atoms with Crippen LogP contribution in [0.3, 0.4) is 0 Å². The summed E-state index contributed by atoms with van der Waals surface area (Å²) in [4.78, 5) is 25.3. The second-order valence-electron chi connectivity index (χ2n) is 6.37. The van der Waals surface area contributed by atoms with Crippen LogP contribution in [-0.4, -0.2) is 41.6 Å². The van der Waals surface area contributed by atoms with Crippen LogP contribution in [-0.2, 0) is 9.53 Å². The number of ether oxygens (including phenoxy) is 1. The maximum Gasteiger partial charge on any atom is 0.322 e. The minimum absolute atomic E-state index is 0.0364. The molecule has 6 nitrogen and oxygen atoms in total. The Morgan fingerprint density at radius 1 is 1.35 bits per heavy atom. The van der Waals surface area contributed by atoms with Gasteiger partial charge < -0.3 is 20.3 Å². The molecule has 0 unspecified atom stereocenters. The normalized spacial score (nSPS) is 20.0. The van der Waals surface area contributed by atoms with Crippen molar-refractivity contribution in [2.45, 2.75) is 39.4 Å². The van der Waals surface area contributed by atoms with E-state index in [-0.39, 0.29) is 18.0 Å². The van der Waals surface area contributed by atoms with Gasteiger partial charge in [-0.15, -0.1) is 0 Å². The number of nitrogens with one attached hydrogen (secondary N) is 2. The zero-order valence-electron chi connectivity index (χ0n) is 13.8. The van der Waals surface area contributed by atoms with E-state index in [4.69, 9.17) is 16.3 Å². The molecule has 1 aromatic carbocycles. The highest BCUT2D eigenvalue weighted by Crippen LogP contribution is 2.27. The van der Waals surface area contributed by atoms with E-state index in [9.17, 15) is 9.59 Å². The molecule has 1 aromatic rings. The number of hydrogen-bond acceptors (Lipinski definition) is 3. The molecule has 7 heteroatoms. The van der Waals surface area contributed by atoms with Crippen molar-refractivity contribution in [1.82, 2.24) is 4.90 Å². The fourth-order valence-corrected chi connectivity index (χ4v) is 2.87. The van der Waals surface area contributed by atoms with Crippen LogP contribution < -0.4 is 10.6 Å². The lowest BCUT2D eigenvalue weighted by Gasteiger charge is -2.41. The number of morpholine rings is 1. The van der Waals surface area contributed by atoms with Gasteiger partial charge in [-0.1, -0.05) is 11.6 Å². The molecule has 2 N–H and O–H groups in total. The lowest BCUT2D eigenvalue weighted by Crippen LogP contribution is -2.54. The van der Waals surface area contributed by atoms with Crippen molar-refractivity contribution in [2.24, 2.45) is 0 Å². The van der Waals surface area contributed by atoms with Crippen LogP contribution in [0.25, 0.3) is 0 Å². The van der Waals surface area contributed by atoms with Gasteiger partial charge in [-0.05, 0) is 39.0 Å². The predicted molar refractivity (Wildman–Crippen MR) is 91.0 cm³/mol. The minimum atomic E-state index is -0.392. The second-order valence-corrected chi connectivity index (χ2v) is 6.78. The summed E-state index contributed by atoms with van der Waals surface area (Å²) in [7, 11) is 0. The summed E-state index contributed by atoms with van der Waals surface area (Å²) in [5.41, 5.74) is 0.643. The van der Waals surface area contributed by atoms with Gasteiger partial charge in [0.25, 0.3) is 0 Å². The van der Waals surface area contributed by atoms with E-state index in [0.717, 1.165) is 0 Å². The Hall–Kier alpha value is -1.79. The lowest BCUT2D eigenvalue weighted by molar-refractivity contribution is -0.116. The van der Waals surface area contributed by atoms with E-state index >= 15 is 0 Å². The standard InChI is InChI=1S/C16H22ClN3O3/c1-10-8-20(9-16(3,4)23-10)15(22)19-14-7-12(18-11(2)21)5-6-13(14)17/h5-7,10H,8-9H2,1-4H3,(H,18,21)(H,19,22)/t10-/m0/s1. The van der Waals surface area contributed by atoms with Gasteiger partial charge in [0, 0.05) is 19.2 Å². The minimum Gasteiger partial charge on any atom is -0.369 e. The molecule has 126 valence electrons. The Bertz CT molecular complexity index is 619. The molecule has 0 spiro atoms. The summed E-state index contributed by atoms with van der Waals surface area (Å²) in [6.45, 7) is 8.26. The number of halogens is 1. The third-order valence-electron chi connectivity index (χ3n) is 3.38. The highest BCUT2D eigenvalue weighted by molar-refractivity contribution is 6.33. The molecule has 1 heterocycles. The van der Waals surface area contributed by atoms with Gasteiger partial charge in [0.05, 0.1) is 29.0 Å². The van der Waals surface area contributed by atoms with Crippen molar-refractivity contribution in [3.63, 3.8) is 0 Å². The van der Waals surface area contributed by atoms with Crippen LogP contribution in [0.1, 0.15) is 27.7 Å². The van der Waals surface area contributed by atoms with Crippen molar-refractivity contribution in [3.05, 3.63) is 23.2 Å². The Morgan fingerprint density at radius 3 is 2.65 bits per heavy atom. The first-order valence-corrected chi connectivity index (χ1v) is 7.85. The number of rotatable bonds is 2. The molecular formula is C16H22ClN3O3. The molecule has 0 radical (unpaired) electrons. The van der Waals surface area contributed by atoms with E-state index in [1.54, 1.807) is 23.1 Å². The molecule has 1 aliphatic rings. The summed E-state index contributed by atoms with van der Waals surface area (Å²) in [6, 6.07) is 4.71. The largest absolute Gasteiger partial charge is 0.369 e. The van der Waals surface area contributed by atoms with E-state index in [1.807, 2.05) is 20.8 Å². The number of carbonyl (C=O) groups is 2. The molecule has 0 aliphatic carbocycles. The molecule has 23 heavy (non-hydrogen) atoms. The number of amides is 3. The van der Waals surface area contributed by atoms with Crippen molar-refractivity contribution in [2.75, 3.05) is 23.7 Å². The molecule has 2 rings (SSSR count). The monoisotopic (exact) mass is 339 g/mol. The maximum atomic E-state index is 12.5. The third kappa shape index (κ3) is 4.84.